The minimum atomic E-state index is -0.0625. The predicted octanol–water partition coefficient (Wildman–Crippen LogP) is 1.87. The molecule has 0 radical (unpaired) electrons. The van der Waals surface area contributed by atoms with E-state index in [9.17, 15) is 4.79 Å². The average Bonchev–Trinajstić information content (AvgIpc) is 2.25. The van der Waals surface area contributed by atoms with Gasteiger partial charge in [-0.15, -0.1) is 0 Å². The van der Waals surface area contributed by atoms with Gasteiger partial charge in [0.25, 0.3) is 0 Å². The SMILES string of the molecule is CC(C)CNC(=O)/C=C/c1cccnc1. The molecule has 0 fully saturated rings. The molecule has 0 aromatic carbocycles. The van der Waals surface area contributed by atoms with Crippen LogP contribution in [0, 0.1) is 5.92 Å². The molecule has 0 saturated carbocycles. The van der Waals surface area contributed by atoms with Crippen molar-refractivity contribution in [2.45, 2.75) is 13.8 Å². The third kappa shape index (κ3) is 4.96. The van der Waals surface area contributed by atoms with E-state index >= 15 is 0 Å². The zero-order chi connectivity index (χ0) is 11.1. The highest BCUT2D eigenvalue weighted by Crippen LogP contribution is 1.98. The number of pyridine rings is 1. The molecule has 1 rings (SSSR count). The second kappa shape index (κ2) is 5.96. The first-order valence-electron chi connectivity index (χ1n) is 5.04. The highest BCUT2D eigenvalue weighted by atomic mass is 16.1. The van der Waals surface area contributed by atoms with E-state index in [4.69, 9.17) is 0 Å². The molecule has 1 aromatic heterocycles. The number of aromatic nitrogens is 1. The second-order valence-corrected chi connectivity index (χ2v) is 3.76. The van der Waals surface area contributed by atoms with Crippen molar-refractivity contribution in [3.63, 3.8) is 0 Å². The van der Waals surface area contributed by atoms with Crippen LogP contribution in [0.15, 0.2) is 30.6 Å². The molecule has 3 nitrogen and oxygen atoms in total. The zero-order valence-electron chi connectivity index (χ0n) is 9.10. The van der Waals surface area contributed by atoms with Crippen molar-refractivity contribution in [3.8, 4) is 0 Å². The summed E-state index contributed by atoms with van der Waals surface area (Å²) in [5.74, 6) is 0.410. The fourth-order valence-electron chi connectivity index (χ4n) is 1.01. The van der Waals surface area contributed by atoms with Crippen molar-refractivity contribution < 1.29 is 4.79 Å². The Bertz CT molecular complexity index is 331. The van der Waals surface area contributed by atoms with Gasteiger partial charge in [0.05, 0.1) is 0 Å². The number of nitrogens with zero attached hydrogens (tertiary/aromatic N) is 1. The highest BCUT2D eigenvalue weighted by Gasteiger charge is 1.96. The van der Waals surface area contributed by atoms with Crippen LogP contribution in [-0.2, 0) is 4.79 Å². The fourth-order valence-corrected chi connectivity index (χ4v) is 1.01. The van der Waals surface area contributed by atoms with Gasteiger partial charge in [-0.05, 0) is 23.6 Å². The van der Waals surface area contributed by atoms with E-state index in [1.54, 1.807) is 18.5 Å². The first-order chi connectivity index (χ1) is 7.18. The van der Waals surface area contributed by atoms with E-state index in [0.29, 0.717) is 12.5 Å². The third-order valence-electron chi connectivity index (χ3n) is 1.80. The second-order valence-electron chi connectivity index (χ2n) is 3.76. The molecule has 0 unspecified atom stereocenters. The van der Waals surface area contributed by atoms with Crippen LogP contribution in [-0.4, -0.2) is 17.4 Å². The summed E-state index contributed by atoms with van der Waals surface area (Å²) in [6.07, 6.45) is 6.70. The Morgan fingerprint density at radius 2 is 2.40 bits per heavy atom. The Hall–Kier alpha value is -1.64. The van der Waals surface area contributed by atoms with Crippen LogP contribution < -0.4 is 5.32 Å². The van der Waals surface area contributed by atoms with Crippen LogP contribution in [0.1, 0.15) is 19.4 Å². The van der Waals surface area contributed by atoms with Crippen LogP contribution in [0.4, 0.5) is 0 Å². The summed E-state index contributed by atoms with van der Waals surface area (Å²) in [6, 6.07) is 3.74. The number of carbonyl (C=O) groups excluding carboxylic acids is 1. The van der Waals surface area contributed by atoms with Crippen LogP contribution in [0.2, 0.25) is 0 Å². The quantitative estimate of drug-likeness (QED) is 0.761. The van der Waals surface area contributed by atoms with Crippen LogP contribution in [0.3, 0.4) is 0 Å². The van der Waals surface area contributed by atoms with Gasteiger partial charge >= 0.3 is 0 Å². The smallest absolute Gasteiger partial charge is 0.244 e. The molecule has 0 spiro atoms. The number of rotatable bonds is 4. The monoisotopic (exact) mass is 204 g/mol. The number of amides is 1. The van der Waals surface area contributed by atoms with E-state index in [0.717, 1.165) is 5.56 Å². The molecule has 0 atom stereocenters. The maximum atomic E-state index is 11.3. The lowest BCUT2D eigenvalue weighted by molar-refractivity contribution is -0.116. The molecule has 0 bridgehead atoms. The lowest BCUT2D eigenvalue weighted by atomic mass is 10.2. The Kier molecular flexibility index (Phi) is 4.54. The van der Waals surface area contributed by atoms with E-state index in [1.165, 1.54) is 6.08 Å². The van der Waals surface area contributed by atoms with Crippen LogP contribution in [0.5, 0.6) is 0 Å². The minimum Gasteiger partial charge on any atom is -0.352 e. The summed E-state index contributed by atoms with van der Waals surface area (Å²) in [7, 11) is 0. The summed E-state index contributed by atoms with van der Waals surface area (Å²) < 4.78 is 0. The molecule has 1 amide bonds. The lowest BCUT2D eigenvalue weighted by Crippen LogP contribution is -2.25. The number of nitrogens with one attached hydrogen (secondary N) is 1. The van der Waals surface area contributed by atoms with Crippen molar-refractivity contribution in [1.82, 2.24) is 10.3 Å². The maximum absolute atomic E-state index is 11.3. The normalized spacial score (nSPS) is 10.9. The van der Waals surface area contributed by atoms with Gasteiger partial charge < -0.3 is 5.32 Å². The molecule has 0 saturated heterocycles. The molecule has 15 heavy (non-hydrogen) atoms. The summed E-state index contributed by atoms with van der Waals surface area (Å²) in [4.78, 5) is 15.3. The molecule has 0 aliphatic heterocycles. The molecular weight excluding hydrogens is 188 g/mol. The first-order valence-corrected chi connectivity index (χ1v) is 5.04. The van der Waals surface area contributed by atoms with E-state index in [1.807, 2.05) is 12.1 Å². The fraction of sp³-hybridized carbons (Fsp3) is 0.333. The molecule has 0 aliphatic rings. The summed E-state index contributed by atoms with van der Waals surface area (Å²) in [5.41, 5.74) is 0.928. The molecule has 1 N–H and O–H groups in total. The highest BCUT2D eigenvalue weighted by molar-refractivity contribution is 5.91. The minimum absolute atomic E-state index is 0.0625. The molecule has 80 valence electrons. The van der Waals surface area contributed by atoms with Gasteiger partial charge in [-0.25, -0.2) is 0 Å². The molecule has 3 heteroatoms. The van der Waals surface area contributed by atoms with Gasteiger partial charge in [-0.2, -0.15) is 0 Å². The molecular formula is C12H16N2O. The maximum Gasteiger partial charge on any atom is 0.244 e. The Balaban J connectivity index is 2.41. The van der Waals surface area contributed by atoms with Crippen LogP contribution in [0.25, 0.3) is 6.08 Å². The Morgan fingerprint density at radius 1 is 1.60 bits per heavy atom. The van der Waals surface area contributed by atoms with E-state index in [-0.39, 0.29) is 5.91 Å². The van der Waals surface area contributed by atoms with Gasteiger partial charge in [0, 0.05) is 25.0 Å². The van der Waals surface area contributed by atoms with Crippen molar-refractivity contribution >= 4 is 12.0 Å². The van der Waals surface area contributed by atoms with Gasteiger partial charge in [-0.1, -0.05) is 19.9 Å². The average molecular weight is 204 g/mol. The summed E-state index contributed by atoms with van der Waals surface area (Å²) >= 11 is 0. The number of carbonyl (C=O) groups is 1. The van der Waals surface area contributed by atoms with Crippen molar-refractivity contribution in [1.29, 1.82) is 0 Å². The summed E-state index contributed by atoms with van der Waals surface area (Å²) in [6.45, 7) is 4.83. The van der Waals surface area contributed by atoms with Crippen molar-refractivity contribution in [3.05, 3.63) is 36.2 Å². The van der Waals surface area contributed by atoms with E-state index in [2.05, 4.69) is 24.1 Å². The largest absolute Gasteiger partial charge is 0.352 e. The van der Waals surface area contributed by atoms with Gasteiger partial charge in [0.15, 0.2) is 0 Å². The summed E-state index contributed by atoms with van der Waals surface area (Å²) in [5, 5.41) is 2.81. The molecule has 0 aliphatic carbocycles. The van der Waals surface area contributed by atoms with Crippen LogP contribution >= 0.6 is 0 Å². The lowest BCUT2D eigenvalue weighted by Gasteiger charge is -2.04. The van der Waals surface area contributed by atoms with Crippen molar-refractivity contribution in [2.24, 2.45) is 5.92 Å². The first kappa shape index (κ1) is 11.4. The zero-order valence-corrected chi connectivity index (χ0v) is 9.10. The third-order valence-corrected chi connectivity index (χ3v) is 1.80. The molecule has 1 heterocycles. The number of hydrogen-bond acceptors (Lipinski definition) is 2. The van der Waals surface area contributed by atoms with Gasteiger partial charge in [0.1, 0.15) is 0 Å². The van der Waals surface area contributed by atoms with Gasteiger partial charge in [-0.3, -0.25) is 9.78 Å². The molecule has 1 aromatic rings. The predicted molar refractivity (Wildman–Crippen MR) is 61.1 cm³/mol. The Labute approximate surface area is 90.2 Å². The number of hydrogen-bond donors (Lipinski definition) is 1. The Morgan fingerprint density at radius 3 is 3.00 bits per heavy atom. The van der Waals surface area contributed by atoms with Gasteiger partial charge in [0.2, 0.25) is 5.91 Å². The standard InChI is InChI=1S/C12H16N2O/c1-10(2)8-14-12(15)6-5-11-4-3-7-13-9-11/h3-7,9-10H,8H2,1-2H3,(H,14,15)/b6-5+. The van der Waals surface area contributed by atoms with E-state index < -0.39 is 0 Å². The van der Waals surface area contributed by atoms with Crippen molar-refractivity contribution in [2.75, 3.05) is 6.54 Å². The topological polar surface area (TPSA) is 42.0 Å².